The van der Waals surface area contributed by atoms with Gasteiger partial charge in [-0.05, 0) is 44.1 Å². The smallest absolute Gasteiger partial charge is 0.254 e. The molecule has 1 saturated heterocycles. The van der Waals surface area contributed by atoms with E-state index >= 15 is 0 Å². The van der Waals surface area contributed by atoms with Crippen molar-refractivity contribution in [2.45, 2.75) is 6.42 Å². The lowest BCUT2D eigenvalue weighted by atomic mass is 10.1. The molecular weight excluding hydrogens is 244 g/mol. The number of fused-ring (bicyclic) bond motifs is 1. The topological polar surface area (TPSA) is 50.8 Å². The van der Waals surface area contributed by atoms with Crippen LogP contribution in [0, 0.1) is 5.92 Å². The van der Waals surface area contributed by atoms with Gasteiger partial charge < -0.3 is 19.7 Å². The maximum Gasteiger partial charge on any atom is 0.254 e. The van der Waals surface area contributed by atoms with E-state index in [4.69, 9.17) is 9.47 Å². The summed E-state index contributed by atoms with van der Waals surface area (Å²) in [4.78, 5) is 14.3. The molecule has 5 nitrogen and oxygen atoms in total. The highest BCUT2D eigenvalue weighted by atomic mass is 16.7. The third kappa shape index (κ3) is 2.38. The molecular formula is C14H18N2O3. The fraction of sp³-hybridized carbons (Fsp3) is 0.500. The minimum absolute atomic E-state index is 0.0805. The lowest BCUT2D eigenvalue weighted by Crippen LogP contribution is -2.30. The molecule has 1 aromatic rings. The van der Waals surface area contributed by atoms with Crippen LogP contribution in [0.4, 0.5) is 0 Å². The molecule has 5 heteroatoms. The standard InChI is InChI=1S/C14H18N2O3/c1-15-7-10-4-5-16(8-10)14(17)11-2-3-12-13(6-11)19-9-18-12/h2-3,6,10,15H,4-5,7-9H2,1H3. The van der Waals surface area contributed by atoms with E-state index in [0.29, 0.717) is 23.0 Å². The Morgan fingerprint density at radius 1 is 1.42 bits per heavy atom. The number of hydrogen-bond donors (Lipinski definition) is 1. The molecule has 1 N–H and O–H groups in total. The highest BCUT2D eigenvalue weighted by molar-refractivity contribution is 5.95. The maximum absolute atomic E-state index is 12.4. The van der Waals surface area contributed by atoms with Gasteiger partial charge >= 0.3 is 0 Å². The number of likely N-dealkylation sites (tertiary alicyclic amines) is 1. The highest BCUT2D eigenvalue weighted by Gasteiger charge is 2.27. The largest absolute Gasteiger partial charge is 0.454 e. The van der Waals surface area contributed by atoms with Gasteiger partial charge in [-0.25, -0.2) is 0 Å². The molecule has 0 aliphatic carbocycles. The zero-order valence-electron chi connectivity index (χ0n) is 11.0. The average molecular weight is 262 g/mol. The molecule has 2 heterocycles. The molecule has 0 aromatic heterocycles. The fourth-order valence-electron chi connectivity index (χ4n) is 2.68. The predicted molar refractivity (Wildman–Crippen MR) is 70.5 cm³/mol. The summed E-state index contributed by atoms with van der Waals surface area (Å²) in [5.41, 5.74) is 0.675. The summed E-state index contributed by atoms with van der Waals surface area (Å²) in [5, 5.41) is 3.17. The van der Waals surface area contributed by atoms with E-state index in [2.05, 4.69) is 5.32 Å². The van der Waals surface area contributed by atoms with E-state index in [9.17, 15) is 4.79 Å². The quantitative estimate of drug-likeness (QED) is 0.886. The van der Waals surface area contributed by atoms with Gasteiger partial charge in [-0.3, -0.25) is 4.79 Å². The minimum Gasteiger partial charge on any atom is -0.454 e. The number of benzene rings is 1. The average Bonchev–Trinajstić information content (AvgIpc) is 3.05. The Bertz CT molecular complexity index is 490. The van der Waals surface area contributed by atoms with Crippen molar-refractivity contribution in [1.82, 2.24) is 10.2 Å². The molecule has 0 spiro atoms. The second-order valence-corrected chi connectivity index (χ2v) is 5.03. The Balaban J connectivity index is 1.71. The number of amides is 1. The predicted octanol–water partition coefficient (Wildman–Crippen LogP) is 1.10. The Morgan fingerprint density at radius 2 is 2.26 bits per heavy atom. The molecule has 19 heavy (non-hydrogen) atoms. The van der Waals surface area contributed by atoms with Gasteiger partial charge in [-0.15, -0.1) is 0 Å². The number of nitrogens with zero attached hydrogens (tertiary/aromatic N) is 1. The Morgan fingerprint density at radius 3 is 3.11 bits per heavy atom. The van der Waals surface area contributed by atoms with Crippen LogP contribution in [0.3, 0.4) is 0 Å². The van der Waals surface area contributed by atoms with Gasteiger partial charge in [0.25, 0.3) is 5.91 Å². The molecule has 1 fully saturated rings. The maximum atomic E-state index is 12.4. The minimum atomic E-state index is 0.0805. The van der Waals surface area contributed by atoms with Crippen LogP contribution in [-0.2, 0) is 0 Å². The van der Waals surface area contributed by atoms with Gasteiger partial charge in [0.2, 0.25) is 6.79 Å². The van der Waals surface area contributed by atoms with Crippen LogP contribution in [0.5, 0.6) is 11.5 Å². The summed E-state index contributed by atoms with van der Waals surface area (Å²) in [7, 11) is 1.95. The monoisotopic (exact) mass is 262 g/mol. The number of rotatable bonds is 3. The van der Waals surface area contributed by atoms with Crippen LogP contribution in [0.2, 0.25) is 0 Å². The molecule has 0 saturated carbocycles. The first kappa shape index (κ1) is 12.3. The van der Waals surface area contributed by atoms with E-state index in [1.807, 2.05) is 11.9 Å². The first-order valence-electron chi connectivity index (χ1n) is 6.61. The number of nitrogens with one attached hydrogen (secondary N) is 1. The molecule has 0 radical (unpaired) electrons. The summed E-state index contributed by atoms with van der Waals surface area (Å²) >= 11 is 0. The van der Waals surface area contributed by atoms with Crippen LogP contribution in [0.15, 0.2) is 18.2 Å². The zero-order chi connectivity index (χ0) is 13.2. The molecule has 0 bridgehead atoms. The van der Waals surface area contributed by atoms with Crippen LogP contribution >= 0.6 is 0 Å². The van der Waals surface area contributed by atoms with Crippen LogP contribution in [0.1, 0.15) is 16.8 Å². The lowest BCUT2D eigenvalue weighted by Gasteiger charge is -2.16. The van der Waals surface area contributed by atoms with Crippen molar-refractivity contribution < 1.29 is 14.3 Å². The van der Waals surface area contributed by atoms with E-state index in [0.717, 1.165) is 26.1 Å². The highest BCUT2D eigenvalue weighted by Crippen LogP contribution is 2.33. The van der Waals surface area contributed by atoms with Gasteiger partial charge in [0, 0.05) is 18.7 Å². The number of ether oxygens (including phenoxy) is 2. The zero-order valence-corrected chi connectivity index (χ0v) is 11.0. The summed E-state index contributed by atoms with van der Waals surface area (Å²) in [5.74, 6) is 2.02. The van der Waals surface area contributed by atoms with Crippen molar-refractivity contribution in [3.05, 3.63) is 23.8 Å². The van der Waals surface area contributed by atoms with Crippen molar-refractivity contribution in [3.8, 4) is 11.5 Å². The second-order valence-electron chi connectivity index (χ2n) is 5.03. The van der Waals surface area contributed by atoms with Gasteiger partial charge in [0.1, 0.15) is 0 Å². The van der Waals surface area contributed by atoms with E-state index in [1.54, 1.807) is 18.2 Å². The summed E-state index contributed by atoms with van der Waals surface area (Å²) in [6, 6.07) is 5.38. The number of carbonyl (C=O) groups excluding carboxylic acids is 1. The molecule has 102 valence electrons. The molecule has 1 aromatic carbocycles. The Labute approximate surface area is 112 Å². The normalized spacial score (nSPS) is 20.9. The third-order valence-corrected chi connectivity index (χ3v) is 3.69. The fourth-order valence-corrected chi connectivity index (χ4v) is 2.68. The third-order valence-electron chi connectivity index (χ3n) is 3.69. The molecule has 1 atom stereocenters. The summed E-state index contributed by atoms with van der Waals surface area (Å²) < 4.78 is 10.6. The van der Waals surface area contributed by atoms with Crippen molar-refractivity contribution in [2.75, 3.05) is 33.5 Å². The van der Waals surface area contributed by atoms with Crippen molar-refractivity contribution in [2.24, 2.45) is 5.92 Å². The second kappa shape index (κ2) is 5.09. The molecule has 1 amide bonds. The van der Waals surface area contributed by atoms with Crippen molar-refractivity contribution in [1.29, 1.82) is 0 Å². The number of hydrogen-bond acceptors (Lipinski definition) is 4. The van der Waals surface area contributed by atoms with E-state index in [1.165, 1.54) is 0 Å². The molecule has 3 rings (SSSR count). The van der Waals surface area contributed by atoms with Gasteiger partial charge in [-0.1, -0.05) is 0 Å². The van der Waals surface area contributed by atoms with Gasteiger partial charge in [0.15, 0.2) is 11.5 Å². The van der Waals surface area contributed by atoms with E-state index < -0.39 is 0 Å². The van der Waals surface area contributed by atoms with Crippen LogP contribution in [0.25, 0.3) is 0 Å². The summed E-state index contributed by atoms with van der Waals surface area (Å²) in [6.07, 6.45) is 1.07. The van der Waals surface area contributed by atoms with Gasteiger partial charge in [0.05, 0.1) is 0 Å². The number of carbonyl (C=O) groups is 1. The van der Waals surface area contributed by atoms with Gasteiger partial charge in [-0.2, -0.15) is 0 Å². The molecule has 2 aliphatic rings. The SMILES string of the molecule is CNCC1CCN(C(=O)c2ccc3c(c2)OCO3)C1. The van der Waals surface area contributed by atoms with Crippen LogP contribution in [-0.4, -0.2) is 44.3 Å². The van der Waals surface area contributed by atoms with E-state index in [-0.39, 0.29) is 12.7 Å². The van der Waals surface area contributed by atoms with Crippen LogP contribution < -0.4 is 14.8 Å². The molecule has 1 unspecified atom stereocenters. The lowest BCUT2D eigenvalue weighted by molar-refractivity contribution is 0.0787. The molecule has 2 aliphatic heterocycles. The van der Waals surface area contributed by atoms with Crippen molar-refractivity contribution in [3.63, 3.8) is 0 Å². The Kier molecular flexibility index (Phi) is 3.29. The first-order valence-corrected chi connectivity index (χ1v) is 6.61. The van der Waals surface area contributed by atoms with Crippen molar-refractivity contribution >= 4 is 5.91 Å². The Hall–Kier alpha value is -1.75. The first-order chi connectivity index (χ1) is 9.28. The summed E-state index contributed by atoms with van der Waals surface area (Å²) in [6.45, 7) is 2.86.